The summed E-state index contributed by atoms with van der Waals surface area (Å²) in [5.74, 6) is 5.68. The second-order valence-electron chi connectivity index (χ2n) is 6.30. The fourth-order valence-corrected chi connectivity index (χ4v) is 3.17. The number of nitrogens with one attached hydrogen (secondary N) is 1. The number of rotatable bonds is 6. The van der Waals surface area contributed by atoms with Crippen molar-refractivity contribution in [2.24, 2.45) is 5.84 Å². The number of nitrogens with two attached hydrogens (primary N) is 1. The molecule has 5 heteroatoms. The van der Waals surface area contributed by atoms with E-state index in [0.29, 0.717) is 0 Å². The van der Waals surface area contributed by atoms with Crippen molar-refractivity contribution in [2.75, 3.05) is 0 Å². The highest BCUT2D eigenvalue weighted by molar-refractivity contribution is 7.09. The van der Waals surface area contributed by atoms with E-state index in [0.717, 1.165) is 35.7 Å². The molecule has 21 heavy (non-hydrogen) atoms. The third-order valence-corrected chi connectivity index (χ3v) is 4.32. The Hall–Kier alpha value is -1.30. The quantitative estimate of drug-likeness (QED) is 0.636. The van der Waals surface area contributed by atoms with Crippen LogP contribution < -0.4 is 11.3 Å². The predicted molar refractivity (Wildman–Crippen MR) is 88.2 cm³/mol. The van der Waals surface area contributed by atoms with E-state index < -0.39 is 0 Å². The molecule has 114 valence electrons. The van der Waals surface area contributed by atoms with E-state index in [4.69, 9.17) is 10.8 Å². The van der Waals surface area contributed by atoms with Gasteiger partial charge in [-0.25, -0.2) is 4.98 Å². The van der Waals surface area contributed by atoms with E-state index in [-0.39, 0.29) is 11.5 Å². The second kappa shape index (κ2) is 7.11. The van der Waals surface area contributed by atoms with Gasteiger partial charge in [0.05, 0.1) is 10.7 Å². The highest BCUT2D eigenvalue weighted by Crippen LogP contribution is 2.24. The van der Waals surface area contributed by atoms with Crippen LogP contribution in [0.25, 0.3) is 0 Å². The molecule has 0 fully saturated rings. The molecule has 0 aromatic carbocycles. The molecular formula is C16H24N4S. The second-order valence-corrected chi connectivity index (χ2v) is 7.25. The molecule has 0 bridgehead atoms. The molecule has 0 aliphatic carbocycles. The smallest absolute Gasteiger partial charge is 0.0944 e. The molecule has 1 unspecified atom stereocenters. The van der Waals surface area contributed by atoms with Crippen LogP contribution in [0.5, 0.6) is 0 Å². The SMILES string of the molecule is CC(C)(C)c1csc(CC(CCc2ccccn2)NN)n1. The third-order valence-electron chi connectivity index (χ3n) is 3.45. The maximum atomic E-state index is 5.68. The zero-order valence-corrected chi connectivity index (χ0v) is 13.8. The summed E-state index contributed by atoms with van der Waals surface area (Å²) in [7, 11) is 0. The van der Waals surface area contributed by atoms with Gasteiger partial charge in [0.15, 0.2) is 0 Å². The van der Waals surface area contributed by atoms with E-state index in [1.54, 1.807) is 11.3 Å². The number of hydrogen-bond donors (Lipinski definition) is 2. The van der Waals surface area contributed by atoms with Crippen molar-refractivity contribution in [3.05, 3.63) is 46.2 Å². The number of hydrazine groups is 1. The van der Waals surface area contributed by atoms with Crippen molar-refractivity contribution in [3.63, 3.8) is 0 Å². The van der Waals surface area contributed by atoms with E-state index in [2.05, 4.69) is 42.6 Å². The maximum Gasteiger partial charge on any atom is 0.0944 e. The topological polar surface area (TPSA) is 63.8 Å². The molecule has 0 radical (unpaired) electrons. The van der Waals surface area contributed by atoms with Gasteiger partial charge in [-0.1, -0.05) is 26.8 Å². The van der Waals surface area contributed by atoms with Gasteiger partial charge in [0.2, 0.25) is 0 Å². The lowest BCUT2D eigenvalue weighted by Crippen LogP contribution is -2.37. The molecule has 0 saturated heterocycles. The molecule has 0 saturated carbocycles. The van der Waals surface area contributed by atoms with Crippen LogP contribution in [0, 0.1) is 0 Å². The van der Waals surface area contributed by atoms with Crippen LogP contribution in [-0.4, -0.2) is 16.0 Å². The molecule has 4 nitrogen and oxygen atoms in total. The lowest BCUT2D eigenvalue weighted by molar-refractivity contribution is 0.486. The van der Waals surface area contributed by atoms with Crippen molar-refractivity contribution in [2.45, 2.75) is 51.5 Å². The normalized spacial score (nSPS) is 13.3. The van der Waals surface area contributed by atoms with Crippen LogP contribution in [0.4, 0.5) is 0 Å². The molecule has 2 heterocycles. The van der Waals surface area contributed by atoms with Crippen molar-refractivity contribution in [3.8, 4) is 0 Å². The van der Waals surface area contributed by atoms with E-state index in [1.807, 2.05) is 18.3 Å². The largest absolute Gasteiger partial charge is 0.271 e. The highest BCUT2D eigenvalue weighted by Gasteiger charge is 2.18. The zero-order valence-electron chi connectivity index (χ0n) is 13.0. The lowest BCUT2D eigenvalue weighted by atomic mass is 9.93. The first-order valence-corrected chi connectivity index (χ1v) is 8.18. The van der Waals surface area contributed by atoms with Gasteiger partial charge in [-0.15, -0.1) is 11.3 Å². The molecule has 0 aliphatic rings. The van der Waals surface area contributed by atoms with Gasteiger partial charge in [-0.2, -0.15) is 0 Å². The molecule has 2 aromatic rings. The fourth-order valence-electron chi connectivity index (χ4n) is 2.07. The molecule has 3 N–H and O–H groups in total. The Balaban J connectivity index is 1.91. The van der Waals surface area contributed by atoms with Crippen LogP contribution >= 0.6 is 11.3 Å². The summed E-state index contributed by atoms with van der Waals surface area (Å²) in [6.07, 6.45) is 4.58. The van der Waals surface area contributed by atoms with Crippen molar-refractivity contribution in [1.82, 2.24) is 15.4 Å². The fraction of sp³-hybridized carbons (Fsp3) is 0.500. The monoisotopic (exact) mass is 304 g/mol. The van der Waals surface area contributed by atoms with Crippen molar-refractivity contribution in [1.29, 1.82) is 0 Å². The Morgan fingerprint density at radius 1 is 1.33 bits per heavy atom. The number of aromatic nitrogens is 2. The molecule has 0 spiro atoms. The van der Waals surface area contributed by atoms with Crippen LogP contribution in [0.3, 0.4) is 0 Å². The Kier molecular flexibility index (Phi) is 5.45. The van der Waals surface area contributed by atoms with Crippen molar-refractivity contribution >= 4 is 11.3 Å². The van der Waals surface area contributed by atoms with Gasteiger partial charge in [-0.05, 0) is 25.0 Å². The Labute approximate surface area is 130 Å². The standard InChI is InChI=1S/C16H24N4S/c1-16(2,3)14-11-21-15(19-14)10-13(20-17)8-7-12-6-4-5-9-18-12/h4-6,9,11,13,20H,7-8,10,17H2,1-3H3. The minimum Gasteiger partial charge on any atom is -0.271 e. The van der Waals surface area contributed by atoms with Crippen LogP contribution in [0.15, 0.2) is 29.8 Å². The molecule has 2 rings (SSSR count). The molecule has 0 aliphatic heterocycles. The summed E-state index contributed by atoms with van der Waals surface area (Å²) in [6, 6.07) is 6.23. The van der Waals surface area contributed by atoms with E-state index in [1.165, 1.54) is 0 Å². The highest BCUT2D eigenvalue weighted by atomic mass is 32.1. The molecular weight excluding hydrogens is 280 g/mol. The summed E-state index contributed by atoms with van der Waals surface area (Å²) >= 11 is 1.72. The maximum absolute atomic E-state index is 5.68. The molecule has 1 atom stereocenters. The van der Waals surface area contributed by atoms with Gasteiger partial charge >= 0.3 is 0 Å². The van der Waals surface area contributed by atoms with E-state index >= 15 is 0 Å². The Bertz CT molecular complexity index is 545. The molecule has 2 aromatic heterocycles. The summed E-state index contributed by atoms with van der Waals surface area (Å²) in [5, 5.41) is 3.30. The van der Waals surface area contributed by atoms with Gasteiger partial charge in [0.25, 0.3) is 0 Å². The number of nitrogens with zero attached hydrogens (tertiary/aromatic N) is 2. The zero-order chi connectivity index (χ0) is 15.3. The first kappa shape index (κ1) is 16.1. The minimum absolute atomic E-state index is 0.106. The number of thiazole rings is 1. The number of aryl methyl sites for hydroxylation is 1. The first-order valence-electron chi connectivity index (χ1n) is 7.30. The number of pyridine rings is 1. The average Bonchev–Trinajstić information content (AvgIpc) is 2.93. The minimum atomic E-state index is 0.106. The van der Waals surface area contributed by atoms with Crippen LogP contribution in [0.1, 0.15) is 43.6 Å². The molecule has 0 amide bonds. The lowest BCUT2D eigenvalue weighted by Gasteiger charge is -2.15. The average molecular weight is 304 g/mol. The van der Waals surface area contributed by atoms with Crippen molar-refractivity contribution < 1.29 is 0 Å². The van der Waals surface area contributed by atoms with Gasteiger partial charge in [0, 0.05) is 35.1 Å². The van der Waals surface area contributed by atoms with Gasteiger partial charge < -0.3 is 0 Å². The van der Waals surface area contributed by atoms with Crippen LogP contribution in [0.2, 0.25) is 0 Å². The summed E-state index contributed by atoms with van der Waals surface area (Å²) in [5.41, 5.74) is 5.27. The Morgan fingerprint density at radius 2 is 2.14 bits per heavy atom. The summed E-state index contributed by atoms with van der Waals surface area (Å²) in [6.45, 7) is 6.56. The first-order chi connectivity index (χ1) is 9.99. The summed E-state index contributed by atoms with van der Waals surface area (Å²) < 4.78 is 0. The summed E-state index contributed by atoms with van der Waals surface area (Å²) in [4.78, 5) is 9.08. The van der Waals surface area contributed by atoms with E-state index in [9.17, 15) is 0 Å². The number of hydrogen-bond acceptors (Lipinski definition) is 5. The van der Waals surface area contributed by atoms with Crippen LogP contribution in [-0.2, 0) is 18.3 Å². The Morgan fingerprint density at radius 3 is 2.71 bits per heavy atom. The van der Waals surface area contributed by atoms with Gasteiger partial charge in [0.1, 0.15) is 0 Å². The third kappa shape index (κ3) is 4.88. The van der Waals surface area contributed by atoms with Gasteiger partial charge in [-0.3, -0.25) is 16.3 Å². The predicted octanol–water partition coefficient (Wildman–Crippen LogP) is 2.84.